The zero-order valence-corrected chi connectivity index (χ0v) is 11.2. The van der Waals surface area contributed by atoms with E-state index in [1.807, 2.05) is 0 Å². The molecule has 2 rings (SSSR count). The van der Waals surface area contributed by atoms with E-state index in [4.69, 9.17) is 11.6 Å². The second-order valence-corrected chi connectivity index (χ2v) is 5.01. The molecule has 0 unspecified atom stereocenters. The number of hydrogen-bond donors (Lipinski definition) is 1. The van der Waals surface area contributed by atoms with Crippen LogP contribution in [-0.4, -0.2) is 10.8 Å². The van der Waals surface area contributed by atoms with E-state index < -0.39 is 4.92 Å². The number of nitro groups is 1. The minimum Gasteiger partial charge on any atom is -0.321 e. The molecule has 1 aromatic carbocycles. The summed E-state index contributed by atoms with van der Waals surface area (Å²) in [5, 5.41) is 13.2. The number of alkyl halides is 1. The second-order valence-electron chi connectivity index (χ2n) is 3.68. The third-order valence-electron chi connectivity index (χ3n) is 2.36. The first-order valence-corrected chi connectivity index (χ1v) is 6.66. The zero-order chi connectivity index (χ0) is 13.8. The Morgan fingerprint density at radius 1 is 1.26 bits per heavy atom. The molecule has 0 atom stereocenters. The zero-order valence-electron chi connectivity index (χ0n) is 9.63. The van der Waals surface area contributed by atoms with E-state index in [1.165, 1.54) is 12.1 Å². The third-order valence-corrected chi connectivity index (χ3v) is 3.71. The predicted octanol–water partition coefficient (Wildman–Crippen LogP) is 3.65. The number of halogens is 1. The van der Waals surface area contributed by atoms with Gasteiger partial charge in [0.05, 0.1) is 9.80 Å². The Bertz CT molecular complexity index is 610. The molecule has 0 bridgehead atoms. The smallest absolute Gasteiger partial charge is 0.321 e. The lowest BCUT2D eigenvalue weighted by Gasteiger charge is -2.03. The van der Waals surface area contributed by atoms with Crippen LogP contribution < -0.4 is 5.32 Å². The van der Waals surface area contributed by atoms with Crippen LogP contribution in [0.25, 0.3) is 0 Å². The summed E-state index contributed by atoms with van der Waals surface area (Å²) < 4.78 is 0. The highest BCUT2D eigenvalue weighted by atomic mass is 35.5. The van der Waals surface area contributed by atoms with Gasteiger partial charge in [-0.1, -0.05) is 23.5 Å². The van der Waals surface area contributed by atoms with Crippen molar-refractivity contribution in [1.29, 1.82) is 0 Å². The Labute approximate surface area is 118 Å². The second kappa shape index (κ2) is 5.81. The van der Waals surface area contributed by atoms with Crippen LogP contribution in [0.5, 0.6) is 0 Å². The Morgan fingerprint density at radius 2 is 1.95 bits per heavy atom. The number of hydrogen-bond acceptors (Lipinski definition) is 4. The van der Waals surface area contributed by atoms with Crippen molar-refractivity contribution in [3.63, 3.8) is 0 Å². The summed E-state index contributed by atoms with van der Waals surface area (Å²) in [7, 11) is 0. The van der Waals surface area contributed by atoms with Crippen molar-refractivity contribution in [3.05, 3.63) is 57.0 Å². The van der Waals surface area contributed by atoms with E-state index in [-0.39, 0.29) is 10.9 Å². The van der Waals surface area contributed by atoms with E-state index in [0.717, 1.165) is 16.9 Å². The number of rotatable bonds is 4. The van der Waals surface area contributed by atoms with E-state index in [9.17, 15) is 14.9 Å². The lowest BCUT2D eigenvalue weighted by atomic mass is 10.2. The minimum absolute atomic E-state index is 0.0531. The number of carbonyl (C=O) groups excluding carboxylic acids is 1. The Balaban J connectivity index is 2.08. The monoisotopic (exact) mass is 296 g/mol. The Hall–Kier alpha value is -1.92. The van der Waals surface area contributed by atoms with Gasteiger partial charge in [-0.25, -0.2) is 0 Å². The number of thiophene rings is 1. The van der Waals surface area contributed by atoms with Crippen molar-refractivity contribution in [1.82, 2.24) is 0 Å². The summed E-state index contributed by atoms with van der Waals surface area (Å²) >= 11 is 6.51. The highest BCUT2D eigenvalue weighted by Crippen LogP contribution is 2.24. The molecular weight excluding hydrogens is 288 g/mol. The Kier molecular flexibility index (Phi) is 4.13. The largest absolute Gasteiger partial charge is 0.324 e. The molecule has 0 aliphatic rings. The first-order chi connectivity index (χ1) is 9.10. The maximum atomic E-state index is 11.9. The molecule has 19 heavy (non-hydrogen) atoms. The number of carbonyl (C=O) groups is 1. The van der Waals surface area contributed by atoms with Crippen LogP contribution in [0.3, 0.4) is 0 Å². The number of nitrogens with one attached hydrogen (secondary N) is 1. The SMILES string of the molecule is O=C(Nc1ccc(CCl)cc1)c1ccc([N+](=O)[O-])s1. The van der Waals surface area contributed by atoms with Gasteiger partial charge in [-0.2, -0.15) is 0 Å². The summed E-state index contributed by atoms with van der Waals surface area (Å²) in [6.07, 6.45) is 0. The molecule has 0 saturated heterocycles. The predicted molar refractivity (Wildman–Crippen MR) is 74.9 cm³/mol. The molecule has 2 aromatic rings. The summed E-state index contributed by atoms with van der Waals surface area (Å²) in [5.74, 6) is 0.0439. The van der Waals surface area contributed by atoms with Crippen molar-refractivity contribution < 1.29 is 9.72 Å². The van der Waals surface area contributed by atoms with Gasteiger partial charge in [-0.3, -0.25) is 14.9 Å². The van der Waals surface area contributed by atoms with E-state index >= 15 is 0 Å². The molecule has 1 heterocycles. The Morgan fingerprint density at radius 3 is 2.47 bits per heavy atom. The minimum atomic E-state index is -0.517. The lowest BCUT2D eigenvalue weighted by molar-refractivity contribution is -0.380. The van der Waals surface area contributed by atoms with E-state index in [2.05, 4.69) is 5.32 Å². The van der Waals surface area contributed by atoms with Crippen LogP contribution in [0.15, 0.2) is 36.4 Å². The molecule has 5 nitrogen and oxygen atoms in total. The van der Waals surface area contributed by atoms with Crippen LogP contribution >= 0.6 is 22.9 Å². The molecule has 98 valence electrons. The molecule has 0 saturated carbocycles. The molecule has 1 N–H and O–H groups in total. The van der Waals surface area contributed by atoms with Crippen molar-refractivity contribution in [2.45, 2.75) is 5.88 Å². The van der Waals surface area contributed by atoms with Gasteiger partial charge < -0.3 is 5.32 Å². The topological polar surface area (TPSA) is 72.2 Å². The molecule has 1 aromatic heterocycles. The van der Waals surface area contributed by atoms with Gasteiger partial charge in [-0.15, -0.1) is 11.6 Å². The van der Waals surface area contributed by atoms with Crippen LogP contribution in [0.2, 0.25) is 0 Å². The lowest BCUT2D eigenvalue weighted by Crippen LogP contribution is -2.09. The molecule has 0 radical (unpaired) electrons. The molecule has 0 spiro atoms. The van der Waals surface area contributed by atoms with Gasteiger partial charge in [-0.05, 0) is 23.8 Å². The molecule has 7 heteroatoms. The fourth-order valence-corrected chi connectivity index (χ4v) is 2.31. The van der Waals surface area contributed by atoms with Gasteiger partial charge in [0.1, 0.15) is 0 Å². The average molecular weight is 297 g/mol. The summed E-state index contributed by atoms with van der Waals surface area (Å²) in [4.78, 5) is 22.2. The van der Waals surface area contributed by atoms with Crippen molar-refractivity contribution in [2.75, 3.05) is 5.32 Å². The third kappa shape index (κ3) is 3.30. The van der Waals surface area contributed by atoms with Crippen LogP contribution in [0.1, 0.15) is 15.2 Å². The van der Waals surface area contributed by atoms with Gasteiger partial charge in [0.25, 0.3) is 5.91 Å². The van der Waals surface area contributed by atoms with Crippen molar-refractivity contribution in [2.24, 2.45) is 0 Å². The molecule has 0 fully saturated rings. The molecule has 0 aliphatic heterocycles. The quantitative estimate of drug-likeness (QED) is 0.532. The average Bonchev–Trinajstić information content (AvgIpc) is 2.89. The molecule has 1 amide bonds. The normalized spacial score (nSPS) is 10.2. The number of anilines is 1. The van der Waals surface area contributed by atoms with Crippen LogP contribution in [0.4, 0.5) is 10.7 Å². The maximum absolute atomic E-state index is 11.9. The summed E-state index contributed by atoms with van der Waals surface area (Å²) in [5.41, 5.74) is 1.57. The fourth-order valence-electron chi connectivity index (χ4n) is 1.42. The molecular formula is C12H9ClN2O3S. The first kappa shape index (κ1) is 13.5. The van der Waals surface area contributed by atoms with Gasteiger partial charge in [0, 0.05) is 17.6 Å². The standard InChI is InChI=1S/C12H9ClN2O3S/c13-7-8-1-3-9(4-2-8)14-12(16)10-5-6-11(19-10)15(17)18/h1-6H,7H2,(H,14,16). The number of benzene rings is 1. The van der Waals surface area contributed by atoms with Crippen LogP contribution in [-0.2, 0) is 5.88 Å². The molecule has 0 aliphatic carbocycles. The first-order valence-electron chi connectivity index (χ1n) is 5.30. The maximum Gasteiger partial charge on any atom is 0.324 e. The van der Waals surface area contributed by atoms with Crippen molar-refractivity contribution >= 4 is 39.5 Å². The van der Waals surface area contributed by atoms with Gasteiger partial charge in [0.15, 0.2) is 0 Å². The van der Waals surface area contributed by atoms with Crippen LogP contribution in [0, 0.1) is 10.1 Å². The number of nitrogens with zero attached hydrogens (tertiary/aromatic N) is 1. The van der Waals surface area contributed by atoms with Gasteiger partial charge >= 0.3 is 5.00 Å². The van der Waals surface area contributed by atoms with E-state index in [0.29, 0.717) is 16.4 Å². The number of amides is 1. The highest BCUT2D eigenvalue weighted by Gasteiger charge is 2.15. The van der Waals surface area contributed by atoms with E-state index in [1.54, 1.807) is 24.3 Å². The highest BCUT2D eigenvalue weighted by molar-refractivity contribution is 7.17. The summed E-state index contributed by atoms with van der Waals surface area (Å²) in [6, 6.07) is 9.83. The van der Waals surface area contributed by atoms with Gasteiger partial charge in [0.2, 0.25) is 0 Å². The van der Waals surface area contributed by atoms with Crippen molar-refractivity contribution in [3.8, 4) is 0 Å². The summed E-state index contributed by atoms with van der Waals surface area (Å²) in [6.45, 7) is 0. The fraction of sp³-hybridized carbons (Fsp3) is 0.0833.